The Balaban J connectivity index is 0.000000479. The predicted octanol–water partition coefficient (Wildman–Crippen LogP) is 3.49. The first-order valence-electron chi connectivity index (χ1n) is 10.0. The fourth-order valence-electron chi connectivity index (χ4n) is 2.80. The third kappa shape index (κ3) is 7.85. The Kier molecular flexibility index (Phi) is 9.31. The molecule has 2 aromatic carbocycles. The number of nitrogens with one attached hydrogen (secondary N) is 1. The summed E-state index contributed by atoms with van der Waals surface area (Å²) in [7, 11) is 0. The molecule has 1 aliphatic carbocycles. The van der Waals surface area contributed by atoms with E-state index in [0.29, 0.717) is 16.9 Å². The Hall–Kier alpha value is -3.50. The average molecular weight is 464 g/mol. The minimum Gasteiger partial charge on any atom is -0.475 e. The number of unbranched alkanes of at least 4 members (excludes halogenated alkanes) is 1. The van der Waals surface area contributed by atoms with E-state index in [1.807, 2.05) is 12.1 Å². The summed E-state index contributed by atoms with van der Waals surface area (Å²) in [6.45, 7) is 2.41. The summed E-state index contributed by atoms with van der Waals surface area (Å²) in [6, 6.07) is 14.3. The molecule has 0 spiro atoms. The van der Waals surface area contributed by atoms with Crippen LogP contribution in [0.4, 0.5) is 13.2 Å². The van der Waals surface area contributed by atoms with Gasteiger partial charge in [-0.25, -0.2) is 4.79 Å². The van der Waals surface area contributed by atoms with Crippen molar-refractivity contribution >= 4 is 17.5 Å². The number of rotatable bonds is 8. The van der Waals surface area contributed by atoms with Crippen LogP contribution in [0.2, 0.25) is 0 Å². The van der Waals surface area contributed by atoms with Crippen LogP contribution < -0.4 is 15.8 Å². The number of carboxylic acid groups (broad SMARTS) is 1. The average Bonchev–Trinajstić information content (AvgIpc) is 2.78. The lowest BCUT2D eigenvalue weighted by Crippen LogP contribution is -2.21. The second kappa shape index (κ2) is 11.9. The number of allylic oxidation sites excluding steroid dienone is 2. The molecule has 2 aromatic rings. The molecule has 33 heavy (non-hydrogen) atoms. The van der Waals surface area contributed by atoms with Crippen LogP contribution in [0.25, 0.3) is 0 Å². The fourth-order valence-corrected chi connectivity index (χ4v) is 2.80. The lowest BCUT2D eigenvalue weighted by molar-refractivity contribution is -0.192. The van der Waals surface area contributed by atoms with Crippen LogP contribution in [-0.2, 0) is 11.3 Å². The highest BCUT2D eigenvalue weighted by Gasteiger charge is 2.38. The predicted molar refractivity (Wildman–Crippen MR) is 114 cm³/mol. The number of hydrogen-bond donors (Lipinski definition) is 3. The quantitative estimate of drug-likeness (QED) is 0.512. The SMILES string of the molecule is NCCCCNCc1ccc(OC2=CC(=O)c3ccccc3C2=O)cc1.O=C(O)C(F)(F)F. The van der Waals surface area contributed by atoms with E-state index in [9.17, 15) is 22.8 Å². The number of aliphatic carboxylic acids is 1. The summed E-state index contributed by atoms with van der Waals surface area (Å²) in [5.74, 6) is -2.66. The summed E-state index contributed by atoms with van der Waals surface area (Å²) in [6.07, 6.45) is -1.74. The van der Waals surface area contributed by atoms with Crippen molar-refractivity contribution in [3.05, 3.63) is 77.1 Å². The van der Waals surface area contributed by atoms with E-state index < -0.39 is 12.1 Å². The van der Waals surface area contributed by atoms with Crippen LogP contribution in [0.5, 0.6) is 5.75 Å². The molecule has 176 valence electrons. The zero-order chi connectivity index (χ0) is 24.4. The Morgan fingerprint density at radius 3 is 2.18 bits per heavy atom. The van der Waals surface area contributed by atoms with Gasteiger partial charge in [0.15, 0.2) is 11.5 Å². The minimum atomic E-state index is -5.08. The molecule has 0 heterocycles. The van der Waals surface area contributed by atoms with Gasteiger partial charge >= 0.3 is 12.1 Å². The van der Waals surface area contributed by atoms with Gasteiger partial charge in [0.2, 0.25) is 5.78 Å². The van der Waals surface area contributed by atoms with Gasteiger partial charge in [-0.1, -0.05) is 36.4 Å². The van der Waals surface area contributed by atoms with E-state index in [1.165, 1.54) is 6.08 Å². The lowest BCUT2D eigenvalue weighted by Gasteiger charge is -2.15. The highest BCUT2D eigenvalue weighted by molar-refractivity contribution is 6.23. The molecule has 0 saturated carbocycles. The first kappa shape index (κ1) is 25.8. The number of Topliss-reactive ketones (excluding diaryl/α,β-unsaturated/α-hetero) is 1. The van der Waals surface area contributed by atoms with Crippen LogP contribution in [-0.4, -0.2) is 41.9 Å². The maximum absolute atomic E-state index is 12.5. The van der Waals surface area contributed by atoms with Crippen molar-refractivity contribution in [2.24, 2.45) is 5.73 Å². The van der Waals surface area contributed by atoms with Gasteiger partial charge in [-0.15, -0.1) is 0 Å². The number of carbonyl (C=O) groups excluding carboxylic acids is 2. The van der Waals surface area contributed by atoms with Crippen LogP contribution in [0.15, 0.2) is 60.4 Å². The molecule has 0 amide bonds. The van der Waals surface area contributed by atoms with Crippen LogP contribution >= 0.6 is 0 Å². The van der Waals surface area contributed by atoms with Crippen molar-refractivity contribution in [3.63, 3.8) is 0 Å². The molecule has 0 aromatic heterocycles. The molecule has 10 heteroatoms. The molecular weight excluding hydrogens is 441 g/mol. The van der Waals surface area contributed by atoms with Gasteiger partial charge in [0.05, 0.1) is 0 Å². The molecule has 1 aliphatic rings. The smallest absolute Gasteiger partial charge is 0.475 e. The van der Waals surface area contributed by atoms with Crippen LogP contribution in [0.1, 0.15) is 39.1 Å². The second-order valence-electron chi connectivity index (χ2n) is 6.97. The number of fused-ring (bicyclic) bond motifs is 1. The molecule has 7 nitrogen and oxygen atoms in total. The molecule has 0 bridgehead atoms. The number of benzene rings is 2. The van der Waals surface area contributed by atoms with E-state index in [4.69, 9.17) is 20.4 Å². The van der Waals surface area contributed by atoms with E-state index in [1.54, 1.807) is 36.4 Å². The Bertz CT molecular complexity index is 1020. The van der Waals surface area contributed by atoms with Crippen molar-refractivity contribution in [1.29, 1.82) is 0 Å². The Morgan fingerprint density at radius 2 is 1.61 bits per heavy atom. The number of nitrogens with two attached hydrogens (primary N) is 1. The second-order valence-corrected chi connectivity index (χ2v) is 6.97. The molecule has 4 N–H and O–H groups in total. The fraction of sp³-hybridized carbons (Fsp3) is 0.261. The molecule has 0 unspecified atom stereocenters. The van der Waals surface area contributed by atoms with Gasteiger partial charge in [0.1, 0.15) is 5.75 Å². The Morgan fingerprint density at radius 1 is 1.00 bits per heavy atom. The summed E-state index contributed by atoms with van der Waals surface area (Å²) in [5.41, 5.74) is 7.39. The van der Waals surface area contributed by atoms with E-state index >= 15 is 0 Å². The van der Waals surface area contributed by atoms with Gasteiger partial charge in [-0.3, -0.25) is 9.59 Å². The molecule has 3 rings (SSSR count). The number of ether oxygens (including phenoxy) is 1. The van der Waals surface area contributed by atoms with Gasteiger partial charge in [-0.05, 0) is 43.6 Å². The minimum absolute atomic E-state index is 0.0568. The maximum atomic E-state index is 12.5. The highest BCUT2D eigenvalue weighted by Crippen LogP contribution is 2.24. The summed E-state index contributed by atoms with van der Waals surface area (Å²) in [5, 5.41) is 10.5. The van der Waals surface area contributed by atoms with Crippen molar-refractivity contribution < 1.29 is 37.4 Å². The van der Waals surface area contributed by atoms with Gasteiger partial charge in [0.25, 0.3) is 0 Å². The number of carboxylic acids is 1. The normalized spacial score (nSPS) is 12.9. The van der Waals surface area contributed by atoms with Crippen molar-refractivity contribution in [2.45, 2.75) is 25.6 Å². The van der Waals surface area contributed by atoms with Crippen molar-refractivity contribution in [3.8, 4) is 5.75 Å². The van der Waals surface area contributed by atoms with E-state index in [0.717, 1.165) is 38.0 Å². The third-order valence-electron chi connectivity index (χ3n) is 4.45. The topological polar surface area (TPSA) is 119 Å². The van der Waals surface area contributed by atoms with Crippen LogP contribution in [0.3, 0.4) is 0 Å². The first-order chi connectivity index (χ1) is 15.6. The van der Waals surface area contributed by atoms with Crippen molar-refractivity contribution in [2.75, 3.05) is 13.1 Å². The molecule has 0 saturated heterocycles. The highest BCUT2D eigenvalue weighted by atomic mass is 19.4. The lowest BCUT2D eigenvalue weighted by atomic mass is 9.94. The molecular formula is C23H23F3N2O5. The maximum Gasteiger partial charge on any atom is 0.490 e. The summed E-state index contributed by atoms with van der Waals surface area (Å²) in [4.78, 5) is 33.5. The van der Waals surface area contributed by atoms with Gasteiger partial charge < -0.3 is 20.9 Å². The molecule has 0 radical (unpaired) electrons. The molecule has 0 atom stereocenters. The standard InChI is InChI=1S/C21H22N2O3.C2HF3O2/c22-11-3-4-12-23-14-15-7-9-16(10-8-15)26-20-13-19(24)17-5-1-2-6-18(17)21(20)25;3-2(4,5)1(6)7/h1-2,5-10,13,23H,3-4,11-12,14,22H2;(H,6,7). The zero-order valence-electron chi connectivity index (χ0n) is 17.5. The number of ketones is 2. The Labute approximate surface area is 188 Å². The summed E-state index contributed by atoms with van der Waals surface area (Å²) >= 11 is 0. The monoisotopic (exact) mass is 464 g/mol. The largest absolute Gasteiger partial charge is 0.490 e. The van der Waals surface area contributed by atoms with Crippen LogP contribution in [0, 0.1) is 0 Å². The molecule has 0 aliphatic heterocycles. The van der Waals surface area contributed by atoms with Gasteiger partial charge in [-0.2, -0.15) is 13.2 Å². The summed E-state index contributed by atoms with van der Waals surface area (Å²) < 4.78 is 37.4. The zero-order valence-corrected chi connectivity index (χ0v) is 17.5. The van der Waals surface area contributed by atoms with Gasteiger partial charge in [0, 0.05) is 23.7 Å². The first-order valence-corrected chi connectivity index (χ1v) is 10.0. The number of carbonyl (C=O) groups is 3. The number of hydrogen-bond acceptors (Lipinski definition) is 6. The van der Waals surface area contributed by atoms with E-state index in [-0.39, 0.29) is 17.3 Å². The number of alkyl halides is 3. The third-order valence-corrected chi connectivity index (χ3v) is 4.45. The van der Waals surface area contributed by atoms with Crippen molar-refractivity contribution in [1.82, 2.24) is 5.32 Å². The van der Waals surface area contributed by atoms with E-state index in [2.05, 4.69) is 5.32 Å². The number of halogens is 3. The molecule has 0 fully saturated rings.